The van der Waals surface area contributed by atoms with Crippen molar-refractivity contribution in [1.82, 2.24) is 10.6 Å². The molecule has 4 heteroatoms. The Morgan fingerprint density at radius 1 is 1.47 bits per heavy atom. The lowest BCUT2D eigenvalue weighted by Gasteiger charge is -2.30. The maximum Gasteiger partial charge on any atom is 0.237 e. The van der Waals surface area contributed by atoms with Crippen LogP contribution in [0.25, 0.3) is 0 Å². The maximum atomic E-state index is 12.0. The number of nitrogens with one attached hydrogen (secondary N) is 2. The van der Waals surface area contributed by atoms with Gasteiger partial charge in [-0.25, -0.2) is 0 Å². The van der Waals surface area contributed by atoms with Crippen molar-refractivity contribution in [3.05, 3.63) is 0 Å². The molecule has 0 spiro atoms. The summed E-state index contributed by atoms with van der Waals surface area (Å²) in [5.74, 6) is 0.101. The molecule has 2 N–H and O–H groups in total. The van der Waals surface area contributed by atoms with Crippen molar-refractivity contribution in [1.29, 1.82) is 0 Å². The van der Waals surface area contributed by atoms with Crippen LogP contribution in [0.2, 0.25) is 0 Å². The molecule has 2 unspecified atom stereocenters. The average molecular weight is 242 g/mol. The van der Waals surface area contributed by atoms with Crippen LogP contribution in [0, 0.1) is 0 Å². The summed E-state index contributed by atoms with van der Waals surface area (Å²) in [6.45, 7) is 9.31. The second-order valence-electron chi connectivity index (χ2n) is 5.46. The van der Waals surface area contributed by atoms with Gasteiger partial charge in [0.15, 0.2) is 0 Å². The Hall–Kier alpha value is -0.610. The normalized spacial score (nSPS) is 25.6. The lowest BCUT2D eigenvalue weighted by molar-refractivity contribution is -0.125. The molecule has 1 rings (SSSR count). The number of carbonyl (C=O) groups excluding carboxylic acids is 1. The van der Waals surface area contributed by atoms with E-state index in [9.17, 15) is 4.79 Å². The Kier molecular flexibility index (Phi) is 5.40. The third-order valence-electron chi connectivity index (χ3n) is 3.16. The molecule has 0 aliphatic carbocycles. The van der Waals surface area contributed by atoms with Crippen molar-refractivity contribution in [3.8, 4) is 0 Å². The molecule has 17 heavy (non-hydrogen) atoms. The molecule has 1 heterocycles. The van der Waals surface area contributed by atoms with Crippen molar-refractivity contribution in [2.75, 3.05) is 13.2 Å². The first-order chi connectivity index (χ1) is 7.94. The second kappa shape index (κ2) is 6.36. The highest BCUT2D eigenvalue weighted by molar-refractivity contribution is 5.81. The molecule has 1 fully saturated rings. The van der Waals surface area contributed by atoms with Crippen LogP contribution >= 0.6 is 0 Å². The van der Waals surface area contributed by atoms with Gasteiger partial charge in [-0.3, -0.25) is 4.79 Å². The summed E-state index contributed by atoms with van der Waals surface area (Å²) in [5, 5.41) is 6.30. The van der Waals surface area contributed by atoms with Crippen molar-refractivity contribution < 1.29 is 9.53 Å². The maximum absolute atomic E-state index is 12.0. The van der Waals surface area contributed by atoms with E-state index in [1.165, 1.54) is 0 Å². The first-order valence-electron chi connectivity index (χ1n) is 6.62. The Morgan fingerprint density at radius 2 is 2.18 bits per heavy atom. The molecule has 1 amide bonds. The molecule has 2 atom stereocenters. The van der Waals surface area contributed by atoms with E-state index in [0.717, 1.165) is 19.3 Å². The smallest absolute Gasteiger partial charge is 0.237 e. The Bertz CT molecular complexity index is 254. The summed E-state index contributed by atoms with van der Waals surface area (Å²) in [6, 6.07) is 0.413. The van der Waals surface area contributed by atoms with Gasteiger partial charge in [-0.05, 0) is 47.0 Å². The number of ether oxygens (including phenoxy) is 1. The van der Waals surface area contributed by atoms with Gasteiger partial charge in [0.25, 0.3) is 0 Å². The number of amides is 1. The zero-order valence-electron chi connectivity index (χ0n) is 11.5. The fourth-order valence-electron chi connectivity index (χ4n) is 2.21. The molecule has 0 aromatic heterocycles. The van der Waals surface area contributed by atoms with Crippen LogP contribution in [0.15, 0.2) is 0 Å². The molecule has 0 aromatic rings. The molecular weight excluding hydrogens is 216 g/mol. The van der Waals surface area contributed by atoms with Crippen LogP contribution in [-0.4, -0.2) is 36.7 Å². The van der Waals surface area contributed by atoms with Crippen LogP contribution in [0.1, 0.15) is 47.0 Å². The molecule has 1 saturated heterocycles. The SMILES string of the molecule is CCOC(C)(C)CNC(=O)C1CCCC(C)N1. The summed E-state index contributed by atoms with van der Waals surface area (Å²) < 4.78 is 5.55. The summed E-state index contributed by atoms with van der Waals surface area (Å²) in [5.41, 5.74) is -0.287. The van der Waals surface area contributed by atoms with Gasteiger partial charge in [-0.2, -0.15) is 0 Å². The van der Waals surface area contributed by atoms with Crippen molar-refractivity contribution in [2.45, 2.75) is 64.6 Å². The molecule has 0 aromatic carbocycles. The third-order valence-corrected chi connectivity index (χ3v) is 3.16. The van der Waals surface area contributed by atoms with Gasteiger partial charge >= 0.3 is 0 Å². The van der Waals surface area contributed by atoms with Gasteiger partial charge in [-0.1, -0.05) is 0 Å². The summed E-state index contributed by atoms with van der Waals surface area (Å²) in [7, 11) is 0. The molecule has 1 aliphatic rings. The molecule has 4 nitrogen and oxygen atoms in total. The fraction of sp³-hybridized carbons (Fsp3) is 0.923. The van der Waals surface area contributed by atoms with Crippen LogP contribution in [-0.2, 0) is 9.53 Å². The fourth-order valence-corrected chi connectivity index (χ4v) is 2.21. The first kappa shape index (κ1) is 14.5. The molecule has 100 valence electrons. The van der Waals surface area contributed by atoms with E-state index < -0.39 is 0 Å². The third kappa shape index (κ3) is 5.04. The van der Waals surface area contributed by atoms with E-state index in [1.54, 1.807) is 0 Å². The number of piperidine rings is 1. The predicted octanol–water partition coefficient (Wildman–Crippen LogP) is 1.45. The molecule has 0 bridgehead atoms. The Labute approximate surface area is 104 Å². The highest BCUT2D eigenvalue weighted by Crippen LogP contribution is 2.13. The first-order valence-corrected chi connectivity index (χ1v) is 6.62. The lowest BCUT2D eigenvalue weighted by atomic mass is 9.99. The van der Waals surface area contributed by atoms with Crippen LogP contribution in [0.3, 0.4) is 0 Å². The number of hydrogen-bond donors (Lipinski definition) is 2. The zero-order valence-corrected chi connectivity index (χ0v) is 11.5. The van der Waals surface area contributed by atoms with Gasteiger partial charge in [0.1, 0.15) is 0 Å². The number of hydrogen-bond acceptors (Lipinski definition) is 3. The van der Waals surface area contributed by atoms with Crippen LogP contribution in [0.5, 0.6) is 0 Å². The van der Waals surface area contributed by atoms with E-state index in [-0.39, 0.29) is 17.6 Å². The standard InChI is InChI=1S/C13H26N2O2/c1-5-17-13(3,4)9-14-12(16)11-8-6-7-10(2)15-11/h10-11,15H,5-9H2,1-4H3,(H,14,16). The quantitative estimate of drug-likeness (QED) is 0.767. The van der Waals surface area contributed by atoms with Gasteiger partial charge in [-0.15, -0.1) is 0 Å². The molecular formula is C13H26N2O2. The van der Waals surface area contributed by atoms with E-state index in [2.05, 4.69) is 17.6 Å². The average Bonchev–Trinajstić information content (AvgIpc) is 2.26. The van der Waals surface area contributed by atoms with E-state index in [1.807, 2.05) is 20.8 Å². The predicted molar refractivity (Wildman–Crippen MR) is 69.0 cm³/mol. The monoisotopic (exact) mass is 242 g/mol. The van der Waals surface area contributed by atoms with Crippen molar-refractivity contribution in [3.63, 3.8) is 0 Å². The van der Waals surface area contributed by atoms with E-state index in [4.69, 9.17) is 4.74 Å². The Morgan fingerprint density at radius 3 is 2.76 bits per heavy atom. The lowest BCUT2D eigenvalue weighted by Crippen LogP contribution is -2.52. The van der Waals surface area contributed by atoms with E-state index in [0.29, 0.717) is 19.2 Å². The minimum Gasteiger partial charge on any atom is -0.374 e. The Balaban J connectivity index is 2.33. The van der Waals surface area contributed by atoms with Crippen LogP contribution < -0.4 is 10.6 Å². The molecule has 1 aliphatic heterocycles. The van der Waals surface area contributed by atoms with Crippen molar-refractivity contribution in [2.24, 2.45) is 0 Å². The highest BCUT2D eigenvalue weighted by atomic mass is 16.5. The van der Waals surface area contributed by atoms with Gasteiger partial charge in [0.2, 0.25) is 5.91 Å². The summed E-state index contributed by atoms with van der Waals surface area (Å²) in [4.78, 5) is 12.0. The van der Waals surface area contributed by atoms with Crippen LogP contribution in [0.4, 0.5) is 0 Å². The second-order valence-corrected chi connectivity index (χ2v) is 5.46. The minimum atomic E-state index is -0.287. The number of rotatable bonds is 5. The van der Waals surface area contributed by atoms with Gasteiger partial charge in [0, 0.05) is 19.2 Å². The summed E-state index contributed by atoms with van der Waals surface area (Å²) >= 11 is 0. The largest absolute Gasteiger partial charge is 0.374 e. The zero-order chi connectivity index (χ0) is 12.9. The van der Waals surface area contributed by atoms with Crippen molar-refractivity contribution >= 4 is 5.91 Å². The van der Waals surface area contributed by atoms with Gasteiger partial charge in [0.05, 0.1) is 11.6 Å². The summed E-state index contributed by atoms with van der Waals surface area (Å²) in [6.07, 6.45) is 3.22. The topological polar surface area (TPSA) is 50.4 Å². The molecule has 0 radical (unpaired) electrons. The molecule has 0 saturated carbocycles. The highest BCUT2D eigenvalue weighted by Gasteiger charge is 2.26. The van der Waals surface area contributed by atoms with Gasteiger partial charge < -0.3 is 15.4 Å². The minimum absolute atomic E-state index is 0.0313. The number of carbonyl (C=O) groups is 1. The van der Waals surface area contributed by atoms with E-state index >= 15 is 0 Å².